The summed E-state index contributed by atoms with van der Waals surface area (Å²) in [6, 6.07) is 11.4. The first kappa shape index (κ1) is 19.0. The van der Waals surface area contributed by atoms with Crippen LogP contribution in [-0.4, -0.2) is 35.6 Å². The van der Waals surface area contributed by atoms with Crippen molar-refractivity contribution in [3.8, 4) is 23.0 Å². The Hall–Kier alpha value is -2.97. The summed E-state index contributed by atoms with van der Waals surface area (Å²) in [5.74, 6) is 2.70. The molecule has 8 heteroatoms. The van der Waals surface area contributed by atoms with Gasteiger partial charge < -0.3 is 18.9 Å². The van der Waals surface area contributed by atoms with E-state index in [-0.39, 0.29) is 12.7 Å². The second-order valence-electron chi connectivity index (χ2n) is 6.84. The number of thiocarbonyl (C=S) groups is 1. The van der Waals surface area contributed by atoms with Crippen LogP contribution in [0.5, 0.6) is 23.0 Å². The topological polar surface area (TPSA) is 57.2 Å². The van der Waals surface area contributed by atoms with E-state index < -0.39 is 0 Å². The van der Waals surface area contributed by atoms with Crippen molar-refractivity contribution in [1.29, 1.82) is 0 Å². The van der Waals surface area contributed by atoms with E-state index in [9.17, 15) is 4.79 Å². The number of carbonyl (C=O) groups excluding carboxylic acids is 1. The van der Waals surface area contributed by atoms with Crippen LogP contribution in [0.25, 0.3) is 6.08 Å². The first-order chi connectivity index (χ1) is 14.6. The lowest BCUT2D eigenvalue weighted by molar-refractivity contribution is -0.122. The minimum absolute atomic E-state index is 0.111. The fourth-order valence-corrected chi connectivity index (χ4v) is 4.74. The Labute approximate surface area is 183 Å². The molecule has 3 aliphatic heterocycles. The lowest BCUT2D eigenvalue weighted by atomic mass is 10.1. The zero-order chi connectivity index (χ0) is 20.7. The summed E-state index contributed by atoms with van der Waals surface area (Å²) in [5.41, 5.74) is 2.75. The molecule has 5 rings (SSSR count). The third-order valence-electron chi connectivity index (χ3n) is 4.92. The molecular weight excluding hydrogens is 422 g/mol. The molecule has 2 aromatic carbocycles. The Morgan fingerprint density at radius 3 is 2.93 bits per heavy atom. The molecule has 1 saturated heterocycles. The van der Waals surface area contributed by atoms with Crippen molar-refractivity contribution in [2.24, 2.45) is 0 Å². The SMILES string of the molecule is COc1cccc2c1OCC(C=C1SC(=S)N(Cc3ccc4c(c3)OCO4)C1=O)=C2. The quantitative estimate of drug-likeness (QED) is 0.524. The van der Waals surface area contributed by atoms with Crippen molar-refractivity contribution in [1.82, 2.24) is 4.90 Å². The maximum atomic E-state index is 13.0. The highest BCUT2D eigenvalue weighted by atomic mass is 32.2. The molecule has 0 unspecified atom stereocenters. The van der Waals surface area contributed by atoms with Gasteiger partial charge >= 0.3 is 0 Å². The summed E-state index contributed by atoms with van der Waals surface area (Å²) in [6.45, 7) is 0.961. The number of fused-ring (bicyclic) bond motifs is 2. The number of nitrogens with zero attached hydrogens (tertiary/aromatic N) is 1. The second kappa shape index (κ2) is 7.70. The summed E-state index contributed by atoms with van der Waals surface area (Å²) in [7, 11) is 1.61. The molecule has 0 aliphatic carbocycles. The van der Waals surface area contributed by atoms with Crippen molar-refractivity contribution >= 4 is 40.3 Å². The number of amides is 1. The van der Waals surface area contributed by atoms with Gasteiger partial charge in [-0.05, 0) is 41.5 Å². The molecule has 1 fully saturated rings. The highest BCUT2D eigenvalue weighted by molar-refractivity contribution is 8.26. The van der Waals surface area contributed by atoms with Gasteiger partial charge in [0, 0.05) is 5.56 Å². The molecule has 0 saturated carbocycles. The predicted molar refractivity (Wildman–Crippen MR) is 118 cm³/mol. The van der Waals surface area contributed by atoms with Gasteiger partial charge in [0.2, 0.25) is 6.79 Å². The number of benzene rings is 2. The number of hydrogen-bond donors (Lipinski definition) is 0. The third kappa shape index (κ3) is 3.42. The second-order valence-corrected chi connectivity index (χ2v) is 8.52. The van der Waals surface area contributed by atoms with Gasteiger partial charge in [-0.1, -0.05) is 42.2 Å². The van der Waals surface area contributed by atoms with Crippen LogP contribution in [0.15, 0.2) is 53.0 Å². The van der Waals surface area contributed by atoms with E-state index in [1.54, 1.807) is 12.0 Å². The molecule has 0 bridgehead atoms. The van der Waals surface area contributed by atoms with Gasteiger partial charge in [0.15, 0.2) is 23.0 Å². The van der Waals surface area contributed by atoms with Crippen LogP contribution >= 0.6 is 24.0 Å². The lowest BCUT2D eigenvalue weighted by Crippen LogP contribution is -2.27. The van der Waals surface area contributed by atoms with Gasteiger partial charge in [0.1, 0.15) is 10.9 Å². The Kier molecular flexibility index (Phi) is 4.88. The normalized spacial score (nSPS) is 18.4. The number of rotatable bonds is 4. The fraction of sp³-hybridized carbons (Fsp3) is 0.182. The minimum atomic E-state index is -0.111. The molecule has 3 heterocycles. The smallest absolute Gasteiger partial charge is 0.266 e. The van der Waals surface area contributed by atoms with Crippen LogP contribution < -0.4 is 18.9 Å². The van der Waals surface area contributed by atoms with E-state index in [1.165, 1.54) is 11.8 Å². The number of methoxy groups -OCH3 is 1. The molecule has 0 atom stereocenters. The van der Waals surface area contributed by atoms with Crippen molar-refractivity contribution in [3.63, 3.8) is 0 Å². The molecule has 1 amide bonds. The Bertz CT molecular complexity index is 1120. The number of thioether (sulfide) groups is 1. The first-order valence-corrected chi connectivity index (χ1v) is 10.5. The highest BCUT2D eigenvalue weighted by Crippen LogP contribution is 2.39. The van der Waals surface area contributed by atoms with Crippen LogP contribution in [-0.2, 0) is 11.3 Å². The zero-order valence-electron chi connectivity index (χ0n) is 16.0. The maximum Gasteiger partial charge on any atom is 0.266 e. The van der Waals surface area contributed by atoms with Gasteiger partial charge in [-0.15, -0.1) is 0 Å². The Balaban J connectivity index is 1.36. The van der Waals surface area contributed by atoms with Gasteiger partial charge in [0.05, 0.1) is 18.6 Å². The number of hydrogen-bond acceptors (Lipinski definition) is 7. The molecule has 152 valence electrons. The lowest BCUT2D eigenvalue weighted by Gasteiger charge is -2.18. The zero-order valence-corrected chi connectivity index (χ0v) is 17.7. The van der Waals surface area contributed by atoms with Crippen LogP contribution in [0.4, 0.5) is 0 Å². The summed E-state index contributed by atoms with van der Waals surface area (Å²) in [5, 5.41) is 0. The summed E-state index contributed by atoms with van der Waals surface area (Å²) < 4.78 is 22.5. The Morgan fingerprint density at radius 1 is 1.20 bits per heavy atom. The van der Waals surface area contributed by atoms with E-state index in [4.69, 9.17) is 31.2 Å². The Morgan fingerprint density at radius 2 is 2.07 bits per heavy atom. The molecule has 0 N–H and O–H groups in total. The number of carbonyl (C=O) groups is 1. The van der Waals surface area contributed by atoms with Crippen LogP contribution in [0.1, 0.15) is 11.1 Å². The molecular formula is C22H17NO5S2. The van der Waals surface area contributed by atoms with Crippen molar-refractivity contribution < 1.29 is 23.7 Å². The summed E-state index contributed by atoms with van der Waals surface area (Å²) in [4.78, 5) is 15.2. The van der Waals surface area contributed by atoms with Gasteiger partial charge in [-0.2, -0.15) is 0 Å². The van der Waals surface area contributed by atoms with E-state index >= 15 is 0 Å². The van der Waals surface area contributed by atoms with Gasteiger partial charge in [0.25, 0.3) is 5.91 Å². The third-order valence-corrected chi connectivity index (χ3v) is 6.30. The van der Waals surface area contributed by atoms with Crippen molar-refractivity contribution in [3.05, 3.63) is 64.1 Å². The molecule has 30 heavy (non-hydrogen) atoms. The van der Waals surface area contributed by atoms with Crippen LogP contribution in [0.2, 0.25) is 0 Å². The highest BCUT2D eigenvalue weighted by Gasteiger charge is 2.32. The molecule has 6 nitrogen and oxygen atoms in total. The molecule has 3 aliphatic rings. The fourth-order valence-electron chi connectivity index (χ4n) is 3.47. The molecule has 0 spiro atoms. The first-order valence-electron chi connectivity index (χ1n) is 9.26. The van der Waals surface area contributed by atoms with Crippen molar-refractivity contribution in [2.45, 2.75) is 6.54 Å². The average Bonchev–Trinajstić information content (AvgIpc) is 3.33. The number of para-hydroxylation sites is 1. The molecule has 0 radical (unpaired) electrons. The van der Waals surface area contributed by atoms with Crippen LogP contribution in [0, 0.1) is 0 Å². The maximum absolute atomic E-state index is 13.0. The minimum Gasteiger partial charge on any atom is -0.493 e. The largest absolute Gasteiger partial charge is 0.493 e. The van der Waals surface area contributed by atoms with Crippen LogP contribution in [0.3, 0.4) is 0 Å². The van der Waals surface area contributed by atoms with Gasteiger partial charge in [-0.3, -0.25) is 9.69 Å². The average molecular weight is 440 g/mol. The predicted octanol–water partition coefficient (Wildman–Crippen LogP) is 4.14. The van der Waals surface area contributed by atoms with Gasteiger partial charge in [-0.25, -0.2) is 0 Å². The number of ether oxygens (including phenoxy) is 4. The van der Waals surface area contributed by atoms with E-state index in [0.717, 1.165) is 16.7 Å². The summed E-state index contributed by atoms with van der Waals surface area (Å²) >= 11 is 6.76. The summed E-state index contributed by atoms with van der Waals surface area (Å²) in [6.07, 6.45) is 3.85. The van der Waals surface area contributed by atoms with E-state index in [1.807, 2.05) is 48.6 Å². The monoisotopic (exact) mass is 439 g/mol. The molecule has 0 aromatic heterocycles. The van der Waals surface area contributed by atoms with E-state index in [2.05, 4.69) is 0 Å². The standard InChI is InChI=1S/C22H17NO5S2/c1-25-17-4-2-3-15-7-14(11-26-20(15)17)9-19-21(24)23(22(29)30-19)10-13-5-6-16-18(8-13)28-12-27-16/h2-9H,10-12H2,1H3. The van der Waals surface area contributed by atoms with Crippen molar-refractivity contribution in [2.75, 3.05) is 20.5 Å². The molecule has 2 aromatic rings. The van der Waals surface area contributed by atoms with E-state index in [0.29, 0.717) is 45.4 Å².